The van der Waals surface area contributed by atoms with E-state index in [1.807, 2.05) is 19.9 Å². The molecule has 0 amide bonds. The van der Waals surface area contributed by atoms with E-state index in [1.54, 1.807) is 12.2 Å². The third-order valence-corrected chi connectivity index (χ3v) is 3.26. The molecule has 4 N–H and O–H groups in total. The lowest BCUT2D eigenvalue weighted by Gasteiger charge is -2.16. The molecule has 0 saturated carbocycles. The number of nitrogens with one attached hydrogen (secondary N) is 1. The molecule has 23 heavy (non-hydrogen) atoms. The SMILES string of the molecule is C/C=C\C(=C/C)OCC(O)COC(=O)CCNC(CC)CCN. The van der Waals surface area contributed by atoms with Gasteiger partial charge in [0.2, 0.25) is 0 Å². The van der Waals surface area contributed by atoms with Crippen molar-refractivity contribution in [1.29, 1.82) is 0 Å². The van der Waals surface area contributed by atoms with E-state index < -0.39 is 6.10 Å². The van der Waals surface area contributed by atoms with Gasteiger partial charge in [-0.2, -0.15) is 0 Å². The number of carbonyl (C=O) groups excluding carboxylic acids is 1. The van der Waals surface area contributed by atoms with Crippen LogP contribution in [-0.2, 0) is 14.3 Å². The van der Waals surface area contributed by atoms with Gasteiger partial charge >= 0.3 is 5.97 Å². The van der Waals surface area contributed by atoms with Crippen LogP contribution in [0.25, 0.3) is 0 Å². The smallest absolute Gasteiger partial charge is 0.307 e. The molecule has 0 bridgehead atoms. The zero-order valence-electron chi connectivity index (χ0n) is 14.6. The molecular formula is C17H32N2O4. The number of hydrogen-bond donors (Lipinski definition) is 3. The van der Waals surface area contributed by atoms with Crippen molar-refractivity contribution in [3.05, 3.63) is 24.0 Å². The number of allylic oxidation sites excluding steroid dienone is 3. The second-order valence-corrected chi connectivity index (χ2v) is 5.23. The standard InChI is InChI=1S/C17H32N2O4/c1-4-7-16(6-3)22-12-15(20)13-23-17(21)9-11-19-14(5-2)8-10-18/h4,6-7,14-15,19-20H,5,8-13,18H2,1-3H3/b7-4-,16-6+. The number of hydrogen-bond acceptors (Lipinski definition) is 6. The molecule has 0 aromatic heterocycles. The van der Waals surface area contributed by atoms with Crippen LogP contribution >= 0.6 is 0 Å². The van der Waals surface area contributed by atoms with E-state index in [0.717, 1.165) is 12.8 Å². The minimum absolute atomic E-state index is 0.0638. The van der Waals surface area contributed by atoms with Crippen molar-refractivity contribution in [2.45, 2.75) is 52.2 Å². The molecule has 0 aliphatic heterocycles. The average Bonchev–Trinajstić information content (AvgIpc) is 2.55. The molecule has 0 spiro atoms. The molecule has 0 saturated heterocycles. The summed E-state index contributed by atoms with van der Waals surface area (Å²) in [6, 6.07) is 0.331. The summed E-state index contributed by atoms with van der Waals surface area (Å²) in [7, 11) is 0. The summed E-state index contributed by atoms with van der Waals surface area (Å²) in [4.78, 5) is 11.6. The van der Waals surface area contributed by atoms with E-state index in [2.05, 4.69) is 12.2 Å². The Morgan fingerprint density at radius 3 is 2.57 bits per heavy atom. The van der Waals surface area contributed by atoms with Gasteiger partial charge in [0.05, 0.1) is 6.42 Å². The van der Waals surface area contributed by atoms with Crippen molar-refractivity contribution in [2.24, 2.45) is 5.73 Å². The summed E-state index contributed by atoms with van der Waals surface area (Å²) in [5.41, 5.74) is 5.52. The first-order valence-electron chi connectivity index (χ1n) is 8.26. The van der Waals surface area contributed by atoms with Crippen molar-refractivity contribution >= 4 is 5.97 Å². The first-order chi connectivity index (χ1) is 11.1. The molecule has 0 heterocycles. The molecule has 6 heteroatoms. The molecule has 6 nitrogen and oxygen atoms in total. The fourth-order valence-corrected chi connectivity index (χ4v) is 1.92. The van der Waals surface area contributed by atoms with E-state index >= 15 is 0 Å². The van der Waals surface area contributed by atoms with Crippen LogP contribution in [0.5, 0.6) is 0 Å². The molecule has 0 aliphatic carbocycles. The molecule has 134 valence electrons. The molecule has 0 aromatic rings. The maximum atomic E-state index is 11.6. The van der Waals surface area contributed by atoms with Crippen LogP contribution in [0, 0.1) is 0 Å². The number of ether oxygens (including phenoxy) is 2. The molecule has 0 aromatic carbocycles. The average molecular weight is 328 g/mol. The van der Waals surface area contributed by atoms with Gasteiger partial charge in [0.15, 0.2) is 0 Å². The van der Waals surface area contributed by atoms with E-state index in [0.29, 0.717) is 24.9 Å². The van der Waals surface area contributed by atoms with Crippen LogP contribution < -0.4 is 11.1 Å². The summed E-state index contributed by atoms with van der Waals surface area (Å²) in [5, 5.41) is 13.0. The van der Waals surface area contributed by atoms with Gasteiger partial charge in [-0.1, -0.05) is 13.0 Å². The number of carbonyl (C=O) groups is 1. The van der Waals surface area contributed by atoms with Crippen molar-refractivity contribution in [3.8, 4) is 0 Å². The molecule has 2 atom stereocenters. The molecular weight excluding hydrogens is 296 g/mol. The lowest BCUT2D eigenvalue weighted by Crippen LogP contribution is -2.33. The topological polar surface area (TPSA) is 93.8 Å². The first kappa shape index (κ1) is 21.6. The Morgan fingerprint density at radius 2 is 2.00 bits per heavy atom. The Labute approximate surface area is 139 Å². The fourth-order valence-electron chi connectivity index (χ4n) is 1.92. The van der Waals surface area contributed by atoms with E-state index in [-0.39, 0.29) is 25.6 Å². The highest BCUT2D eigenvalue weighted by Crippen LogP contribution is 2.02. The first-order valence-corrected chi connectivity index (χ1v) is 8.26. The summed E-state index contributed by atoms with van der Waals surface area (Å²) >= 11 is 0. The highest BCUT2D eigenvalue weighted by Gasteiger charge is 2.11. The second kappa shape index (κ2) is 14.2. The lowest BCUT2D eigenvalue weighted by molar-refractivity contribution is -0.147. The van der Waals surface area contributed by atoms with Crippen molar-refractivity contribution in [1.82, 2.24) is 5.32 Å². The fraction of sp³-hybridized carbons (Fsp3) is 0.706. The summed E-state index contributed by atoms with van der Waals surface area (Å²) in [6.07, 6.45) is 6.75. The van der Waals surface area contributed by atoms with Crippen LogP contribution in [0.2, 0.25) is 0 Å². The third-order valence-electron chi connectivity index (χ3n) is 3.26. The number of rotatable bonds is 13. The van der Waals surface area contributed by atoms with Gasteiger partial charge in [-0.3, -0.25) is 4.79 Å². The van der Waals surface area contributed by atoms with E-state index in [1.165, 1.54) is 0 Å². The molecule has 2 unspecified atom stereocenters. The maximum absolute atomic E-state index is 11.6. The Hall–Kier alpha value is -1.37. The highest BCUT2D eigenvalue weighted by atomic mass is 16.5. The molecule has 0 aliphatic rings. The molecule has 0 fully saturated rings. The van der Waals surface area contributed by atoms with Gasteiger partial charge in [-0.25, -0.2) is 0 Å². The van der Waals surface area contributed by atoms with Gasteiger partial charge in [0.25, 0.3) is 0 Å². The molecule has 0 radical (unpaired) electrons. The summed E-state index contributed by atoms with van der Waals surface area (Å²) in [6.45, 7) is 7.01. The monoisotopic (exact) mass is 328 g/mol. The minimum Gasteiger partial charge on any atom is -0.491 e. The molecule has 0 rings (SSSR count). The normalized spacial score (nSPS) is 14.7. The van der Waals surface area contributed by atoms with Crippen LogP contribution in [0.15, 0.2) is 24.0 Å². The number of esters is 1. The van der Waals surface area contributed by atoms with Gasteiger partial charge in [0.1, 0.15) is 25.1 Å². The third kappa shape index (κ3) is 11.8. The van der Waals surface area contributed by atoms with Crippen LogP contribution in [0.1, 0.15) is 40.0 Å². The van der Waals surface area contributed by atoms with Crippen molar-refractivity contribution < 1.29 is 19.4 Å². The zero-order chi connectivity index (χ0) is 17.5. The second-order valence-electron chi connectivity index (χ2n) is 5.23. The van der Waals surface area contributed by atoms with Crippen LogP contribution in [0.4, 0.5) is 0 Å². The Kier molecular flexibility index (Phi) is 13.4. The quantitative estimate of drug-likeness (QED) is 0.269. The zero-order valence-corrected chi connectivity index (χ0v) is 14.6. The number of nitrogens with two attached hydrogens (primary N) is 1. The van der Waals surface area contributed by atoms with Crippen molar-refractivity contribution in [3.63, 3.8) is 0 Å². The Bertz CT molecular complexity index is 370. The Morgan fingerprint density at radius 1 is 1.30 bits per heavy atom. The van der Waals surface area contributed by atoms with Gasteiger partial charge < -0.3 is 25.6 Å². The van der Waals surface area contributed by atoms with Gasteiger partial charge in [-0.15, -0.1) is 0 Å². The number of aliphatic hydroxyl groups excluding tert-OH is 1. The maximum Gasteiger partial charge on any atom is 0.307 e. The van der Waals surface area contributed by atoms with Gasteiger partial charge in [-0.05, 0) is 45.4 Å². The van der Waals surface area contributed by atoms with Crippen LogP contribution in [0.3, 0.4) is 0 Å². The highest BCUT2D eigenvalue weighted by molar-refractivity contribution is 5.69. The largest absolute Gasteiger partial charge is 0.491 e. The van der Waals surface area contributed by atoms with Gasteiger partial charge in [0, 0.05) is 12.6 Å². The van der Waals surface area contributed by atoms with Crippen LogP contribution in [-0.4, -0.2) is 49.5 Å². The van der Waals surface area contributed by atoms with Crippen molar-refractivity contribution in [2.75, 3.05) is 26.3 Å². The minimum atomic E-state index is -0.840. The van der Waals surface area contributed by atoms with E-state index in [9.17, 15) is 9.90 Å². The number of aliphatic hydroxyl groups is 1. The summed E-state index contributed by atoms with van der Waals surface area (Å²) in [5.74, 6) is 0.339. The van der Waals surface area contributed by atoms with E-state index in [4.69, 9.17) is 15.2 Å². The summed E-state index contributed by atoms with van der Waals surface area (Å²) < 4.78 is 10.4. The predicted molar refractivity (Wildman–Crippen MR) is 91.9 cm³/mol. The Balaban J connectivity index is 3.83. The predicted octanol–water partition coefficient (Wildman–Crippen LogP) is 1.49. The lowest BCUT2D eigenvalue weighted by atomic mass is 10.1.